The second kappa shape index (κ2) is 5.28. The molecule has 15 heavy (non-hydrogen) atoms. The average molecular weight is 213 g/mol. The highest BCUT2D eigenvalue weighted by Crippen LogP contribution is 2.30. The fourth-order valence-electron chi connectivity index (χ4n) is 2.41. The molecule has 2 aliphatic rings. The molecular formula is C12H23NO2. The maximum absolute atomic E-state index is 9.83. The minimum Gasteiger partial charge on any atom is -0.389 e. The lowest BCUT2D eigenvalue weighted by molar-refractivity contribution is -0.0312. The van der Waals surface area contributed by atoms with Gasteiger partial charge >= 0.3 is 0 Å². The Labute approximate surface area is 92.2 Å². The fourth-order valence-corrected chi connectivity index (χ4v) is 2.41. The quantitative estimate of drug-likeness (QED) is 0.656. The van der Waals surface area contributed by atoms with E-state index in [0.717, 1.165) is 32.5 Å². The van der Waals surface area contributed by atoms with Crippen molar-refractivity contribution in [2.45, 2.75) is 56.7 Å². The molecule has 3 heteroatoms. The average Bonchev–Trinajstić information content (AvgIpc) is 2.67. The van der Waals surface area contributed by atoms with E-state index >= 15 is 0 Å². The summed E-state index contributed by atoms with van der Waals surface area (Å²) in [5.41, 5.74) is -0.371. The first-order valence-corrected chi connectivity index (χ1v) is 6.33. The normalized spacial score (nSPS) is 29.0. The smallest absolute Gasteiger partial charge is 0.0771 e. The van der Waals surface area contributed by atoms with Crippen LogP contribution in [0.25, 0.3) is 0 Å². The van der Waals surface area contributed by atoms with Gasteiger partial charge in [-0.1, -0.05) is 0 Å². The fraction of sp³-hybridized carbons (Fsp3) is 1.00. The summed E-state index contributed by atoms with van der Waals surface area (Å²) in [6.07, 6.45) is 8.47. The summed E-state index contributed by atoms with van der Waals surface area (Å²) in [5, 5.41) is 13.2. The van der Waals surface area contributed by atoms with E-state index in [9.17, 15) is 5.11 Å². The molecule has 0 aromatic carbocycles. The highest BCUT2D eigenvalue weighted by molar-refractivity contribution is 4.89. The second-order valence-corrected chi connectivity index (χ2v) is 5.03. The van der Waals surface area contributed by atoms with Gasteiger partial charge in [0.2, 0.25) is 0 Å². The van der Waals surface area contributed by atoms with Crippen LogP contribution in [-0.4, -0.2) is 36.5 Å². The molecule has 1 saturated heterocycles. The largest absolute Gasteiger partial charge is 0.389 e. The Bertz CT molecular complexity index is 186. The van der Waals surface area contributed by atoms with E-state index < -0.39 is 0 Å². The monoisotopic (exact) mass is 213 g/mol. The summed E-state index contributed by atoms with van der Waals surface area (Å²) in [5.74, 6) is 0. The van der Waals surface area contributed by atoms with Crippen molar-refractivity contribution >= 4 is 0 Å². The van der Waals surface area contributed by atoms with Crippen molar-refractivity contribution in [3.05, 3.63) is 0 Å². The summed E-state index contributed by atoms with van der Waals surface area (Å²) in [4.78, 5) is 0. The minimum atomic E-state index is -0.371. The van der Waals surface area contributed by atoms with Crippen molar-refractivity contribution in [2.24, 2.45) is 0 Å². The van der Waals surface area contributed by atoms with Gasteiger partial charge in [-0.15, -0.1) is 0 Å². The Balaban J connectivity index is 1.44. The van der Waals surface area contributed by atoms with Crippen LogP contribution in [0, 0.1) is 0 Å². The lowest BCUT2D eigenvalue weighted by atomic mass is 9.80. The first-order chi connectivity index (χ1) is 7.29. The SMILES string of the molecule is OC1(CNCCCC2CCCO2)CCC1. The lowest BCUT2D eigenvalue weighted by Gasteiger charge is -2.36. The van der Waals surface area contributed by atoms with Crippen molar-refractivity contribution in [3.8, 4) is 0 Å². The van der Waals surface area contributed by atoms with E-state index in [2.05, 4.69) is 5.32 Å². The number of ether oxygens (including phenoxy) is 1. The van der Waals surface area contributed by atoms with E-state index in [1.54, 1.807) is 0 Å². The summed E-state index contributed by atoms with van der Waals surface area (Å²) in [7, 11) is 0. The first kappa shape index (κ1) is 11.4. The predicted octanol–water partition coefficient (Wildman–Crippen LogP) is 1.45. The zero-order valence-electron chi connectivity index (χ0n) is 9.50. The van der Waals surface area contributed by atoms with Crippen molar-refractivity contribution in [3.63, 3.8) is 0 Å². The molecule has 3 nitrogen and oxygen atoms in total. The number of hydrogen-bond donors (Lipinski definition) is 2. The third-order valence-electron chi connectivity index (χ3n) is 3.64. The third kappa shape index (κ3) is 3.44. The number of rotatable bonds is 6. The molecular weight excluding hydrogens is 190 g/mol. The molecule has 1 aliphatic carbocycles. The molecule has 88 valence electrons. The Kier molecular flexibility index (Phi) is 4.00. The lowest BCUT2D eigenvalue weighted by Crippen LogP contribution is -2.46. The van der Waals surface area contributed by atoms with E-state index in [1.165, 1.54) is 32.1 Å². The third-order valence-corrected chi connectivity index (χ3v) is 3.64. The maximum atomic E-state index is 9.83. The standard InChI is InChI=1S/C12H23NO2/c14-12(6-3-7-12)10-13-8-1-4-11-5-2-9-15-11/h11,13-14H,1-10H2. The van der Waals surface area contributed by atoms with Crippen LogP contribution in [0.3, 0.4) is 0 Å². The Morgan fingerprint density at radius 3 is 2.80 bits per heavy atom. The molecule has 0 amide bonds. The van der Waals surface area contributed by atoms with Crippen LogP contribution in [0.1, 0.15) is 44.9 Å². The van der Waals surface area contributed by atoms with Crippen molar-refractivity contribution in [1.82, 2.24) is 5.32 Å². The molecule has 0 bridgehead atoms. The minimum absolute atomic E-state index is 0.371. The van der Waals surface area contributed by atoms with Crippen molar-refractivity contribution in [2.75, 3.05) is 19.7 Å². The van der Waals surface area contributed by atoms with E-state index in [-0.39, 0.29) is 5.60 Å². The topological polar surface area (TPSA) is 41.5 Å². The maximum Gasteiger partial charge on any atom is 0.0771 e. The highest BCUT2D eigenvalue weighted by Gasteiger charge is 2.33. The van der Waals surface area contributed by atoms with Crippen molar-refractivity contribution < 1.29 is 9.84 Å². The van der Waals surface area contributed by atoms with Crippen LogP contribution < -0.4 is 5.32 Å². The Morgan fingerprint density at radius 1 is 1.33 bits per heavy atom. The Morgan fingerprint density at radius 2 is 2.20 bits per heavy atom. The Hall–Kier alpha value is -0.120. The van der Waals surface area contributed by atoms with Crippen LogP contribution in [0.15, 0.2) is 0 Å². The molecule has 2 N–H and O–H groups in total. The molecule has 0 aromatic heterocycles. The van der Waals surface area contributed by atoms with Crippen LogP contribution in [0.2, 0.25) is 0 Å². The van der Waals surface area contributed by atoms with Crippen LogP contribution in [0.4, 0.5) is 0 Å². The molecule has 1 heterocycles. The molecule has 2 fully saturated rings. The highest BCUT2D eigenvalue weighted by atomic mass is 16.5. The van der Waals surface area contributed by atoms with Crippen LogP contribution in [0.5, 0.6) is 0 Å². The van der Waals surface area contributed by atoms with Gasteiger partial charge in [0.1, 0.15) is 0 Å². The molecule has 0 spiro atoms. The van der Waals surface area contributed by atoms with Gasteiger partial charge < -0.3 is 15.2 Å². The first-order valence-electron chi connectivity index (χ1n) is 6.33. The molecule has 1 saturated carbocycles. The van der Waals surface area contributed by atoms with Gasteiger partial charge in [-0.25, -0.2) is 0 Å². The van der Waals surface area contributed by atoms with Gasteiger partial charge in [0.25, 0.3) is 0 Å². The molecule has 2 rings (SSSR count). The molecule has 1 atom stereocenters. The van der Waals surface area contributed by atoms with Gasteiger partial charge in [0.15, 0.2) is 0 Å². The van der Waals surface area contributed by atoms with Gasteiger partial charge in [0.05, 0.1) is 11.7 Å². The van der Waals surface area contributed by atoms with Gasteiger partial charge in [-0.05, 0) is 51.5 Å². The van der Waals surface area contributed by atoms with E-state index in [1.807, 2.05) is 0 Å². The number of nitrogens with one attached hydrogen (secondary N) is 1. The molecule has 0 radical (unpaired) electrons. The predicted molar refractivity (Wildman–Crippen MR) is 59.9 cm³/mol. The number of hydrogen-bond acceptors (Lipinski definition) is 3. The number of aliphatic hydroxyl groups is 1. The van der Waals surface area contributed by atoms with Crippen LogP contribution >= 0.6 is 0 Å². The summed E-state index contributed by atoms with van der Waals surface area (Å²) >= 11 is 0. The van der Waals surface area contributed by atoms with Gasteiger partial charge in [0, 0.05) is 13.2 Å². The molecule has 1 aliphatic heterocycles. The van der Waals surface area contributed by atoms with Gasteiger partial charge in [-0.3, -0.25) is 0 Å². The van der Waals surface area contributed by atoms with Gasteiger partial charge in [-0.2, -0.15) is 0 Å². The zero-order chi connectivity index (χ0) is 10.6. The van der Waals surface area contributed by atoms with E-state index in [4.69, 9.17) is 4.74 Å². The van der Waals surface area contributed by atoms with Crippen molar-refractivity contribution in [1.29, 1.82) is 0 Å². The summed E-state index contributed by atoms with van der Waals surface area (Å²) < 4.78 is 5.56. The summed E-state index contributed by atoms with van der Waals surface area (Å²) in [6.45, 7) is 2.75. The second-order valence-electron chi connectivity index (χ2n) is 5.03. The van der Waals surface area contributed by atoms with E-state index in [0.29, 0.717) is 6.10 Å². The molecule has 0 aromatic rings. The molecule has 1 unspecified atom stereocenters. The van der Waals surface area contributed by atoms with Crippen LogP contribution in [-0.2, 0) is 4.74 Å². The zero-order valence-corrected chi connectivity index (χ0v) is 9.50. The summed E-state index contributed by atoms with van der Waals surface area (Å²) in [6, 6.07) is 0.